The summed E-state index contributed by atoms with van der Waals surface area (Å²) in [4.78, 5) is 4.59. The molecule has 0 radical (unpaired) electrons. The molecule has 0 aliphatic heterocycles. The second kappa shape index (κ2) is 9.10. The Balaban J connectivity index is 2.15. The summed E-state index contributed by atoms with van der Waals surface area (Å²) in [7, 11) is -3.93. The third-order valence-electron chi connectivity index (χ3n) is 3.79. The molecule has 0 aromatic heterocycles. The van der Waals surface area contributed by atoms with Crippen LogP contribution in [0.4, 0.5) is 0 Å². The normalized spacial score (nSPS) is 12.6. The summed E-state index contributed by atoms with van der Waals surface area (Å²) in [6.45, 7) is 2.24. The highest BCUT2D eigenvalue weighted by atomic mass is 32.2. The van der Waals surface area contributed by atoms with Gasteiger partial charge in [0, 0.05) is 11.1 Å². The van der Waals surface area contributed by atoms with Gasteiger partial charge < -0.3 is 4.74 Å². The van der Waals surface area contributed by atoms with Gasteiger partial charge in [-0.3, -0.25) is 0 Å². The first kappa shape index (κ1) is 19.5. The second-order valence-electron chi connectivity index (χ2n) is 5.79. The van der Waals surface area contributed by atoms with Gasteiger partial charge in [-0.2, -0.15) is 13.4 Å². The molecule has 3 aromatic rings. The molecule has 0 fully saturated rings. The number of sulfonamides is 1. The molecule has 0 aliphatic carbocycles. The van der Waals surface area contributed by atoms with E-state index >= 15 is 0 Å². The van der Waals surface area contributed by atoms with Crippen molar-refractivity contribution in [1.29, 1.82) is 0 Å². The van der Waals surface area contributed by atoms with Crippen LogP contribution in [0.1, 0.15) is 18.1 Å². The van der Waals surface area contributed by atoms with Crippen LogP contribution in [0, 0.1) is 0 Å². The Morgan fingerprint density at radius 3 is 1.82 bits per heavy atom. The zero-order valence-electron chi connectivity index (χ0n) is 15.4. The first-order valence-electron chi connectivity index (χ1n) is 8.82. The van der Waals surface area contributed by atoms with Gasteiger partial charge in [-0.1, -0.05) is 66.7 Å². The Hall–Kier alpha value is -3.25. The van der Waals surface area contributed by atoms with E-state index in [2.05, 4.69) is 9.39 Å². The van der Waals surface area contributed by atoms with Crippen molar-refractivity contribution in [2.45, 2.75) is 11.8 Å². The lowest BCUT2D eigenvalue weighted by molar-refractivity contribution is 0.329. The number of nitrogens with zero attached hydrogens (tertiary/aromatic N) is 2. The van der Waals surface area contributed by atoms with Crippen LogP contribution in [0.2, 0.25) is 0 Å². The van der Waals surface area contributed by atoms with Crippen LogP contribution in [-0.2, 0) is 14.8 Å². The van der Waals surface area contributed by atoms with Crippen LogP contribution < -0.4 is 0 Å². The molecule has 142 valence electrons. The van der Waals surface area contributed by atoms with E-state index < -0.39 is 10.0 Å². The smallest absolute Gasteiger partial charge is 0.284 e. The van der Waals surface area contributed by atoms with Crippen molar-refractivity contribution in [3.8, 4) is 0 Å². The fourth-order valence-electron chi connectivity index (χ4n) is 2.48. The van der Waals surface area contributed by atoms with Crippen molar-refractivity contribution >= 4 is 21.8 Å². The maximum atomic E-state index is 12.8. The summed E-state index contributed by atoms with van der Waals surface area (Å²) < 4.78 is 35.3. The molecule has 6 heteroatoms. The van der Waals surface area contributed by atoms with Gasteiger partial charge in [0.25, 0.3) is 10.0 Å². The third-order valence-corrected chi connectivity index (χ3v) is 5.07. The SMILES string of the molecule is CCOC(=NC(=NS(=O)(=O)c1ccccc1)c1ccccc1)c1ccccc1. The molecule has 0 bridgehead atoms. The minimum atomic E-state index is -3.93. The van der Waals surface area contributed by atoms with Crippen molar-refractivity contribution < 1.29 is 13.2 Å². The predicted molar refractivity (Wildman–Crippen MR) is 111 cm³/mol. The topological polar surface area (TPSA) is 68.1 Å². The summed E-state index contributed by atoms with van der Waals surface area (Å²) in [6.07, 6.45) is 0. The van der Waals surface area contributed by atoms with Crippen molar-refractivity contribution in [3.63, 3.8) is 0 Å². The van der Waals surface area contributed by atoms with E-state index in [1.807, 2.05) is 43.3 Å². The highest BCUT2D eigenvalue weighted by molar-refractivity contribution is 7.90. The lowest BCUT2D eigenvalue weighted by atomic mass is 10.2. The zero-order chi connectivity index (χ0) is 19.8. The highest BCUT2D eigenvalue weighted by Gasteiger charge is 2.16. The van der Waals surface area contributed by atoms with E-state index in [-0.39, 0.29) is 10.7 Å². The molecule has 28 heavy (non-hydrogen) atoms. The number of rotatable bonds is 5. The molecule has 0 aliphatic rings. The number of hydrogen-bond acceptors (Lipinski definition) is 3. The van der Waals surface area contributed by atoms with Crippen LogP contribution >= 0.6 is 0 Å². The van der Waals surface area contributed by atoms with Crippen LogP contribution in [0.15, 0.2) is 105 Å². The van der Waals surface area contributed by atoms with Crippen molar-refractivity contribution in [3.05, 3.63) is 102 Å². The van der Waals surface area contributed by atoms with E-state index in [9.17, 15) is 8.42 Å². The lowest BCUT2D eigenvalue weighted by Gasteiger charge is -2.09. The first-order chi connectivity index (χ1) is 13.6. The predicted octanol–water partition coefficient (Wildman–Crippen LogP) is 4.31. The van der Waals surface area contributed by atoms with Gasteiger partial charge in [-0.15, -0.1) is 4.40 Å². The van der Waals surface area contributed by atoms with Gasteiger partial charge in [0.05, 0.1) is 11.5 Å². The van der Waals surface area contributed by atoms with Crippen LogP contribution in [0.25, 0.3) is 0 Å². The molecule has 0 saturated carbocycles. The summed E-state index contributed by atoms with van der Waals surface area (Å²) >= 11 is 0. The minimum absolute atomic E-state index is 0.0664. The van der Waals surface area contributed by atoms with Crippen LogP contribution in [0.5, 0.6) is 0 Å². The van der Waals surface area contributed by atoms with Gasteiger partial charge in [0.2, 0.25) is 5.90 Å². The summed E-state index contributed by atoms with van der Waals surface area (Å²) in [6, 6.07) is 26.4. The van der Waals surface area contributed by atoms with Gasteiger partial charge >= 0.3 is 0 Å². The van der Waals surface area contributed by atoms with Gasteiger partial charge in [0.1, 0.15) is 0 Å². The van der Waals surface area contributed by atoms with E-state index in [1.54, 1.807) is 42.5 Å². The standard InChI is InChI=1S/C22H20N2O3S/c1-2-27-22(19-14-8-4-9-15-19)23-21(18-12-6-3-7-13-18)24-28(25,26)20-16-10-5-11-17-20/h3-17H,2H2,1H3. The second-order valence-corrected chi connectivity index (χ2v) is 7.39. The average molecular weight is 392 g/mol. The van der Waals surface area contributed by atoms with E-state index in [0.29, 0.717) is 18.1 Å². The largest absolute Gasteiger partial charge is 0.477 e. The molecule has 3 rings (SSSR count). The Morgan fingerprint density at radius 1 is 0.786 bits per heavy atom. The first-order valence-corrected chi connectivity index (χ1v) is 10.3. The summed E-state index contributed by atoms with van der Waals surface area (Å²) in [5, 5.41) is 0. The van der Waals surface area contributed by atoms with Gasteiger partial charge in [-0.25, -0.2) is 0 Å². The Labute approximate surface area is 165 Å². The molecule has 0 N–H and O–H groups in total. The van der Waals surface area contributed by atoms with Gasteiger partial charge in [-0.05, 0) is 31.2 Å². The molecule has 0 unspecified atom stereocenters. The Kier molecular flexibility index (Phi) is 6.34. The van der Waals surface area contributed by atoms with E-state index in [0.717, 1.165) is 5.56 Å². The number of ether oxygens (including phenoxy) is 1. The van der Waals surface area contributed by atoms with Crippen LogP contribution in [-0.4, -0.2) is 26.8 Å². The Morgan fingerprint density at radius 2 is 1.29 bits per heavy atom. The minimum Gasteiger partial charge on any atom is -0.477 e. The van der Waals surface area contributed by atoms with Crippen LogP contribution in [0.3, 0.4) is 0 Å². The fourth-order valence-corrected chi connectivity index (χ4v) is 3.46. The number of benzene rings is 3. The average Bonchev–Trinajstić information content (AvgIpc) is 2.74. The molecule has 0 saturated heterocycles. The molecule has 3 aromatic carbocycles. The maximum absolute atomic E-state index is 12.8. The summed E-state index contributed by atoms with van der Waals surface area (Å²) in [5.74, 6) is 0.380. The number of aliphatic imine (C=N–C) groups is 1. The monoisotopic (exact) mass is 392 g/mol. The van der Waals surface area contributed by atoms with E-state index in [4.69, 9.17) is 4.74 Å². The van der Waals surface area contributed by atoms with Crippen molar-refractivity contribution in [2.24, 2.45) is 9.39 Å². The van der Waals surface area contributed by atoms with Crippen molar-refractivity contribution in [2.75, 3.05) is 6.61 Å². The zero-order valence-corrected chi connectivity index (χ0v) is 16.2. The molecule has 0 amide bonds. The van der Waals surface area contributed by atoms with Crippen molar-refractivity contribution in [1.82, 2.24) is 0 Å². The quantitative estimate of drug-likeness (QED) is 0.480. The molecular weight excluding hydrogens is 372 g/mol. The maximum Gasteiger partial charge on any atom is 0.284 e. The molecule has 0 spiro atoms. The Bertz CT molecular complexity index is 1060. The molecule has 5 nitrogen and oxygen atoms in total. The number of hydrogen-bond donors (Lipinski definition) is 0. The summed E-state index contributed by atoms with van der Waals surface area (Å²) in [5.41, 5.74) is 1.32. The molecular formula is C22H20N2O3S. The third kappa shape index (κ3) is 4.92. The molecule has 0 atom stereocenters. The molecule has 0 heterocycles. The van der Waals surface area contributed by atoms with E-state index in [1.165, 1.54) is 12.1 Å². The van der Waals surface area contributed by atoms with Gasteiger partial charge in [0.15, 0.2) is 5.84 Å². The number of amidine groups is 1. The highest BCUT2D eigenvalue weighted by Crippen LogP contribution is 2.15. The lowest BCUT2D eigenvalue weighted by Crippen LogP contribution is -2.12. The fraction of sp³-hybridized carbons (Fsp3) is 0.0909.